The largest absolute Gasteiger partial charge is 0.303 e. The van der Waals surface area contributed by atoms with Crippen molar-refractivity contribution in [2.24, 2.45) is 0 Å². The van der Waals surface area contributed by atoms with Crippen LogP contribution >= 0.6 is 0 Å². The molecule has 0 amide bonds. The molecule has 0 radical (unpaired) electrons. The van der Waals surface area contributed by atoms with E-state index in [4.69, 9.17) is 0 Å². The molecule has 16 heavy (non-hydrogen) atoms. The highest BCUT2D eigenvalue weighted by Crippen LogP contribution is 2.07. The minimum Gasteiger partial charge on any atom is -0.303 e. The van der Waals surface area contributed by atoms with Gasteiger partial charge in [0.05, 0.1) is 6.04 Å². The molecule has 0 aliphatic carbocycles. The van der Waals surface area contributed by atoms with Gasteiger partial charge >= 0.3 is 0 Å². The maximum atomic E-state index is 3.93. The van der Waals surface area contributed by atoms with E-state index < -0.39 is 0 Å². The first-order valence-corrected chi connectivity index (χ1v) is 5.28. The first kappa shape index (κ1) is 10.8. The fraction of sp³-hybridized carbons (Fsp3) is 0.364. The third-order valence-electron chi connectivity index (χ3n) is 2.48. The van der Waals surface area contributed by atoms with Gasteiger partial charge in [0, 0.05) is 6.54 Å². The zero-order valence-electron chi connectivity index (χ0n) is 9.44. The number of tetrazole rings is 1. The number of H-pyrrole nitrogens is 1. The average molecular weight is 217 g/mol. The number of rotatable bonds is 4. The van der Waals surface area contributed by atoms with E-state index in [1.165, 1.54) is 11.1 Å². The van der Waals surface area contributed by atoms with Crippen molar-refractivity contribution in [3.05, 3.63) is 41.2 Å². The van der Waals surface area contributed by atoms with Crippen molar-refractivity contribution < 1.29 is 0 Å². The van der Waals surface area contributed by atoms with Gasteiger partial charge in [-0.25, -0.2) is 0 Å². The van der Waals surface area contributed by atoms with Crippen LogP contribution in [-0.2, 0) is 6.54 Å². The Morgan fingerprint density at radius 2 is 2.06 bits per heavy atom. The molecule has 5 heteroatoms. The topological polar surface area (TPSA) is 66.5 Å². The van der Waals surface area contributed by atoms with E-state index in [1.807, 2.05) is 6.92 Å². The van der Waals surface area contributed by atoms with Crippen LogP contribution in [0.3, 0.4) is 0 Å². The Morgan fingerprint density at radius 1 is 1.31 bits per heavy atom. The molecule has 1 atom stereocenters. The molecule has 84 valence electrons. The second-order valence-corrected chi connectivity index (χ2v) is 3.86. The molecular weight excluding hydrogens is 202 g/mol. The Balaban J connectivity index is 1.90. The highest BCUT2D eigenvalue weighted by atomic mass is 15.5. The van der Waals surface area contributed by atoms with Gasteiger partial charge in [0.25, 0.3) is 0 Å². The van der Waals surface area contributed by atoms with Crippen molar-refractivity contribution in [2.75, 3.05) is 0 Å². The molecule has 0 aliphatic rings. The van der Waals surface area contributed by atoms with E-state index in [-0.39, 0.29) is 6.04 Å². The van der Waals surface area contributed by atoms with Crippen LogP contribution in [0.4, 0.5) is 0 Å². The Bertz CT molecular complexity index is 420. The minimum atomic E-state index is 0.0973. The lowest BCUT2D eigenvalue weighted by Gasteiger charge is -2.09. The summed E-state index contributed by atoms with van der Waals surface area (Å²) in [7, 11) is 0. The van der Waals surface area contributed by atoms with E-state index >= 15 is 0 Å². The third-order valence-corrected chi connectivity index (χ3v) is 2.48. The molecular formula is C11H15N5. The lowest BCUT2D eigenvalue weighted by molar-refractivity contribution is 0.547. The predicted octanol–water partition coefficient (Wildman–Crippen LogP) is 1.36. The van der Waals surface area contributed by atoms with Gasteiger partial charge in [-0.05, 0) is 19.4 Å². The molecule has 0 aliphatic heterocycles. The van der Waals surface area contributed by atoms with Gasteiger partial charge in [0.2, 0.25) is 0 Å². The Kier molecular flexibility index (Phi) is 3.26. The van der Waals surface area contributed by atoms with Gasteiger partial charge in [-0.2, -0.15) is 5.21 Å². The number of aromatic nitrogens is 4. The van der Waals surface area contributed by atoms with Crippen LogP contribution in [-0.4, -0.2) is 20.6 Å². The maximum absolute atomic E-state index is 3.93. The van der Waals surface area contributed by atoms with Crippen LogP contribution < -0.4 is 5.32 Å². The van der Waals surface area contributed by atoms with Crippen molar-refractivity contribution in [1.82, 2.24) is 25.9 Å². The molecule has 1 heterocycles. The molecule has 0 saturated carbocycles. The number of aryl methyl sites for hydroxylation is 1. The molecule has 1 aromatic carbocycles. The summed E-state index contributed by atoms with van der Waals surface area (Å²) in [5, 5.41) is 17.2. The number of nitrogens with one attached hydrogen (secondary N) is 2. The average Bonchev–Trinajstić information content (AvgIpc) is 2.81. The zero-order valence-corrected chi connectivity index (χ0v) is 9.44. The molecule has 0 bridgehead atoms. The monoisotopic (exact) mass is 217 g/mol. The van der Waals surface area contributed by atoms with Gasteiger partial charge in [-0.1, -0.05) is 35.0 Å². The summed E-state index contributed by atoms with van der Waals surface area (Å²) in [6.45, 7) is 4.90. The highest BCUT2D eigenvalue weighted by molar-refractivity contribution is 5.21. The lowest BCUT2D eigenvalue weighted by Crippen LogP contribution is -2.19. The SMILES string of the molecule is Cc1ccc(CNC(C)c2nn[nH]n2)cc1. The number of nitrogens with zero attached hydrogens (tertiary/aromatic N) is 3. The van der Waals surface area contributed by atoms with Crippen molar-refractivity contribution in [2.45, 2.75) is 26.4 Å². The first-order chi connectivity index (χ1) is 7.75. The lowest BCUT2D eigenvalue weighted by atomic mass is 10.1. The van der Waals surface area contributed by atoms with Gasteiger partial charge in [-0.15, -0.1) is 10.2 Å². The van der Waals surface area contributed by atoms with E-state index in [1.54, 1.807) is 0 Å². The fourth-order valence-corrected chi connectivity index (χ4v) is 1.42. The summed E-state index contributed by atoms with van der Waals surface area (Å²) in [4.78, 5) is 0. The van der Waals surface area contributed by atoms with E-state index in [9.17, 15) is 0 Å². The standard InChI is InChI=1S/C11H15N5/c1-8-3-5-10(6-4-8)7-12-9(2)11-13-15-16-14-11/h3-6,9,12H,7H2,1-2H3,(H,13,14,15,16). The van der Waals surface area contributed by atoms with Crippen LogP contribution in [0, 0.1) is 6.92 Å². The predicted molar refractivity (Wildman–Crippen MR) is 60.6 cm³/mol. The van der Waals surface area contributed by atoms with Crippen molar-refractivity contribution in [3.63, 3.8) is 0 Å². The normalized spacial score (nSPS) is 12.6. The Hall–Kier alpha value is -1.75. The van der Waals surface area contributed by atoms with Crippen LogP contribution in [0.2, 0.25) is 0 Å². The Labute approximate surface area is 94.3 Å². The summed E-state index contributed by atoms with van der Waals surface area (Å²) in [5.41, 5.74) is 2.52. The molecule has 2 aromatic rings. The van der Waals surface area contributed by atoms with Crippen LogP contribution in [0.25, 0.3) is 0 Å². The molecule has 0 fully saturated rings. The summed E-state index contributed by atoms with van der Waals surface area (Å²) >= 11 is 0. The summed E-state index contributed by atoms with van der Waals surface area (Å²) < 4.78 is 0. The molecule has 0 saturated heterocycles. The van der Waals surface area contributed by atoms with Crippen molar-refractivity contribution in [1.29, 1.82) is 0 Å². The smallest absolute Gasteiger partial charge is 0.191 e. The number of hydrogen-bond donors (Lipinski definition) is 2. The minimum absolute atomic E-state index is 0.0973. The molecule has 5 nitrogen and oxygen atoms in total. The molecule has 0 spiro atoms. The molecule has 1 aromatic heterocycles. The number of aromatic amines is 1. The van der Waals surface area contributed by atoms with Crippen LogP contribution in [0.5, 0.6) is 0 Å². The van der Waals surface area contributed by atoms with E-state index in [2.05, 4.69) is 57.1 Å². The van der Waals surface area contributed by atoms with Crippen molar-refractivity contribution in [3.8, 4) is 0 Å². The van der Waals surface area contributed by atoms with Crippen LogP contribution in [0.1, 0.15) is 29.9 Å². The first-order valence-electron chi connectivity index (χ1n) is 5.28. The van der Waals surface area contributed by atoms with Gasteiger partial charge in [0.15, 0.2) is 5.82 Å². The second kappa shape index (κ2) is 4.85. The summed E-state index contributed by atoms with van der Waals surface area (Å²) in [5.74, 6) is 0.687. The fourth-order valence-electron chi connectivity index (χ4n) is 1.42. The van der Waals surface area contributed by atoms with Gasteiger partial charge < -0.3 is 5.32 Å². The van der Waals surface area contributed by atoms with E-state index in [0.717, 1.165) is 6.54 Å². The van der Waals surface area contributed by atoms with Crippen molar-refractivity contribution >= 4 is 0 Å². The van der Waals surface area contributed by atoms with Crippen LogP contribution in [0.15, 0.2) is 24.3 Å². The van der Waals surface area contributed by atoms with E-state index in [0.29, 0.717) is 5.82 Å². The Morgan fingerprint density at radius 3 is 2.69 bits per heavy atom. The summed E-state index contributed by atoms with van der Waals surface area (Å²) in [6, 6.07) is 8.54. The number of hydrogen-bond acceptors (Lipinski definition) is 4. The number of benzene rings is 1. The maximum Gasteiger partial charge on any atom is 0.191 e. The molecule has 1 unspecified atom stereocenters. The molecule has 2 N–H and O–H groups in total. The summed E-state index contributed by atoms with van der Waals surface area (Å²) in [6.07, 6.45) is 0. The van der Waals surface area contributed by atoms with Gasteiger partial charge in [0.1, 0.15) is 0 Å². The quantitative estimate of drug-likeness (QED) is 0.811. The third kappa shape index (κ3) is 2.64. The second-order valence-electron chi connectivity index (χ2n) is 3.86. The van der Waals surface area contributed by atoms with Gasteiger partial charge in [-0.3, -0.25) is 0 Å². The zero-order chi connectivity index (χ0) is 11.4. The highest BCUT2D eigenvalue weighted by Gasteiger charge is 2.08. The molecule has 2 rings (SSSR count).